The lowest BCUT2D eigenvalue weighted by molar-refractivity contribution is -0.128. The standard InChI is InChI=1S/C23H24N4O2/c1-15(28)27-22(12-17-14-26-21-9-5-3-7-19(17)21)23(29)24-11-10-16-13-25-20-8-4-2-6-18(16)20/h2-9,13-14,22,25-26H,10-12H2,1H3,(H,24,29)(H,27,28)/t22-/m1/s1. The molecule has 2 aromatic heterocycles. The molecule has 0 radical (unpaired) electrons. The highest BCUT2D eigenvalue weighted by molar-refractivity contribution is 5.89. The third kappa shape index (κ3) is 4.16. The van der Waals surface area contributed by atoms with E-state index in [0.29, 0.717) is 13.0 Å². The molecule has 2 heterocycles. The number of aromatic nitrogens is 2. The molecule has 0 fully saturated rings. The maximum atomic E-state index is 12.8. The Labute approximate surface area is 168 Å². The highest BCUT2D eigenvalue weighted by Gasteiger charge is 2.21. The molecule has 1 atom stereocenters. The maximum Gasteiger partial charge on any atom is 0.242 e. The van der Waals surface area contributed by atoms with Crippen molar-refractivity contribution in [3.05, 3.63) is 72.1 Å². The lowest BCUT2D eigenvalue weighted by atomic mass is 10.0. The zero-order chi connectivity index (χ0) is 20.2. The van der Waals surface area contributed by atoms with Gasteiger partial charge in [-0.2, -0.15) is 0 Å². The predicted molar refractivity (Wildman–Crippen MR) is 115 cm³/mol. The van der Waals surface area contributed by atoms with Crippen LogP contribution >= 0.6 is 0 Å². The number of para-hydroxylation sites is 2. The molecule has 0 aliphatic rings. The average Bonchev–Trinajstić information content (AvgIpc) is 3.32. The summed E-state index contributed by atoms with van der Waals surface area (Å²) in [6.07, 6.45) is 5.03. The van der Waals surface area contributed by atoms with E-state index in [0.717, 1.165) is 34.0 Å². The fourth-order valence-corrected chi connectivity index (χ4v) is 3.76. The molecular formula is C23H24N4O2. The monoisotopic (exact) mass is 388 g/mol. The molecule has 29 heavy (non-hydrogen) atoms. The van der Waals surface area contributed by atoms with Crippen LogP contribution in [0, 0.1) is 0 Å². The van der Waals surface area contributed by atoms with Gasteiger partial charge in [-0.05, 0) is 29.7 Å². The minimum Gasteiger partial charge on any atom is -0.361 e. The Balaban J connectivity index is 1.42. The van der Waals surface area contributed by atoms with Crippen LogP contribution in [0.4, 0.5) is 0 Å². The van der Waals surface area contributed by atoms with Gasteiger partial charge < -0.3 is 20.6 Å². The van der Waals surface area contributed by atoms with Crippen LogP contribution in [0.1, 0.15) is 18.1 Å². The number of nitrogens with one attached hydrogen (secondary N) is 4. The summed E-state index contributed by atoms with van der Waals surface area (Å²) in [4.78, 5) is 30.9. The van der Waals surface area contributed by atoms with Crippen molar-refractivity contribution in [2.75, 3.05) is 6.54 Å². The number of aromatic amines is 2. The largest absolute Gasteiger partial charge is 0.361 e. The third-order valence-corrected chi connectivity index (χ3v) is 5.16. The fourth-order valence-electron chi connectivity index (χ4n) is 3.76. The van der Waals surface area contributed by atoms with E-state index in [1.807, 2.05) is 54.9 Å². The van der Waals surface area contributed by atoms with Gasteiger partial charge in [-0.15, -0.1) is 0 Å². The summed E-state index contributed by atoms with van der Waals surface area (Å²) in [7, 11) is 0. The molecule has 0 aliphatic carbocycles. The molecule has 0 bridgehead atoms. The molecule has 0 aliphatic heterocycles. The number of H-pyrrole nitrogens is 2. The van der Waals surface area contributed by atoms with Crippen molar-refractivity contribution in [1.29, 1.82) is 0 Å². The number of carbonyl (C=O) groups is 2. The van der Waals surface area contributed by atoms with Crippen molar-refractivity contribution >= 4 is 33.6 Å². The summed E-state index contributed by atoms with van der Waals surface area (Å²) in [6.45, 7) is 1.94. The summed E-state index contributed by atoms with van der Waals surface area (Å²) in [5.74, 6) is -0.396. The molecule has 0 saturated heterocycles. The molecule has 6 nitrogen and oxygen atoms in total. The van der Waals surface area contributed by atoms with Crippen LogP contribution in [-0.4, -0.2) is 34.4 Å². The molecule has 4 N–H and O–H groups in total. The Morgan fingerprint density at radius 1 is 0.897 bits per heavy atom. The normalized spacial score (nSPS) is 12.2. The van der Waals surface area contributed by atoms with Crippen molar-refractivity contribution in [3.63, 3.8) is 0 Å². The Kier molecular flexibility index (Phi) is 5.33. The molecule has 4 rings (SSSR count). The summed E-state index contributed by atoms with van der Waals surface area (Å²) in [6, 6.07) is 15.4. The molecule has 0 spiro atoms. The summed E-state index contributed by atoms with van der Waals surface area (Å²) in [5.41, 5.74) is 4.27. The van der Waals surface area contributed by atoms with E-state index < -0.39 is 6.04 Å². The van der Waals surface area contributed by atoms with Gasteiger partial charge in [0.05, 0.1) is 0 Å². The van der Waals surface area contributed by atoms with E-state index in [1.165, 1.54) is 12.3 Å². The number of rotatable bonds is 7. The highest BCUT2D eigenvalue weighted by Crippen LogP contribution is 2.20. The van der Waals surface area contributed by atoms with Gasteiger partial charge in [0.25, 0.3) is 0 Å². The smallest absolute Gasteiger partial charge is 0.242 e. The van der Waals surface area contributed by atoms with Crippen LogP contribution in [0.3, 0.4) is 0 Å². The van der Waals surface area contributed by atoms with Crippen molar-refractivity contribution in [1.82, 2.24) is 20.6 Å². The second-order valence-corrected chi connectivity index (χ2v) is 7.22. The van der Waals surface area contributed by atoms with E-state index >= 15 is 0 Å². The van der Waals surface area contributed by atoms with E-state index in [2.05, 4.69) is 26.7 Å². The van der Waals surface area contributed by atoms with Crippen LogP contribution in [0.2, 0.25) is 0 Å². The Morgan fingerprint density at radius 3 is 2.14 bits per heavy atom. The summed E-state index contributed by atoms with van der Waals surface area (Å²) >= 11 is 0. The third-order valence-electron chi connectivity index (χ3n) is 5.16. The first-order valence-corrected chi connectivity index (χ1v) is 9.76. The Hall–Kier alpha value is -3.54. The van der Waals surface area contributed by atoms with Gasteiger partial charge in [-0.3, -0.25) is 9.59 Å². The number of carbonyl (C=O) groups excluding carboxylic acids is 2. The number of fused-ring (bicyclic) bond motifs is 2. The Morgan fingerprint density at radius 2 is 1.48 bits per heavy atom. The van der Waals surface area contributed by atoms with Gasteiger partial charge in [-0.25, -0.2) is 0 Å². The van der Waals surface area contributed by atoms with Crippen molar-refractivity contribution in [2.45, 2.75) is 25.8 Å². The van der Waals surface area contributed by atoms with Crippen molar-refractivity contribution < 1.29 is 9.59 Å². The molecule has 2 aromatic carbocycles. The molecule has 0 unspecified atom stereocenters. The van der Waals surface area contributed by atoms with E-state index in [-0.39, 0.29) is 11.8 Å². The zero-order valence-electron chi connectivity index (χ0n) is 16.3. The predicted octanol–water partition coefficient (Wildman–Crippen LogP) is 3.06. The first-order valence-electron chi connectivity index (χ1n) is 9.76. The van der Waals surface area contributed by atoms with E-state index in [1.54, 1.807) is 0 Å². The van der Waals surface area contributed by atoms with Gasteiger partial charge in [0.2, 0.25) is 11.8 Å². The summed E-state index contributed by atoms with van der Waals surface area (Å²) < 4.78 is 0. The van der Waals surface area contributed by atoms with Crippen LogP contribution in [0.5, 0.6) is 0 Å². The quantitative estimate of drug-likeness (QED) is 0.392. The van der Waals surface area contributed by atoms with Crippen LogP contribution < -0.4 is 10.6 Å². The summed E-state index contributed by atoms with van der Waals surface area (Å²) in [5, 5.41) is 7.99. The van der Waals surface area contributed by atoms with Crippen LogP contribution in [-0.2, 0) is 22.4 Å². The average molecular weight is 388 g/mol. The minimum atomic E-state index is -0.616. The molecule has 6 heteroatoms. The second-order valence-electron chi connectivity index (χ2n) is 7.22. The first kappa shape index (κ1) is 18.8. The lowest BCUT2D eigenvalue weighted by Gasteiger charge is -2.17. The van der Waals surface area contributed by atoms with Gasteiger partial charge >= 0.3 is 0 Å². The topological polar surface area (TPSA) is 89.8 Å². The molecule has 0 saturated carbocycles. The number of amides is 2. The van der Waals surface area contributed by atoms with E-state index in [4.69, 9.17) is 0 Å². The molecule has 148 valence electrons. The molecular weight excluding hydrogens is 364 g/mol. The molecule has 4 aromatic rings. The number of hydrogen-bond acceptors (Lipinski definition) is 2. The van der Waals surface area contributed by atoms with Crippen molar-refractivity contribution in [2.24, 2.45) is 0 Å². The fraction of sp³-hybridized carbons (Fsp3) is 0.217. The highest BCUT2D eigenvalue weighted by atomic mass is 16.2. The van der Waals surface area contributed by atoms with Crippen molar-refractivity contribution in [3.8, 4) is 0 Å². The Bertz CT molecular complexity index is 1160. The van der Waals surface area contributed by atoms with Gasteiger partial charge in [-0.1, -0.05) is 36.4 Å². The first-order chi connectivity index (χ1) is 14.1. The van der Waals surface area contributed by atoms with Crippen LogP contribution in [0.15, 0.2) is 60.9 Å². The van der Waals surface area contributed by atoms with Crippen LogP contribution in [0.25, 0.3) is 21.8 Å². The lowest BCUT2D eigenvalue weighted by Crippen LogP contribution is -2.47. The van der Waals surface area contributed by atoms with Gasteiger partial charge in [0.1, 0.15) is 6.04 Å². The maximum absolute atomic E-state index is 12.8. The minimum absolute atomic E-state index is 0.176. The SMILES string of the molecule is CC(=O)N[C@H](Cc1c[nH]c2ccccc12)C(=O)NCCc1c[nH]c2ccccc12. The second kappa shape index (κ2) is 8.22. The van der Waals surface area contributed by atoms with Gasteiger partial charge in [0, 0.05) is 54.1 Å². The van der Waals surface area contributed by atoms with E-state index in [9.17, 15) is 9.59 Å². The van der Waals surface area contributed by atoms with Gasteiger partial charge in [0.15, 0.2) is 0 Å². The number of hydrogen-bond donors (Lipinski definition) is 4. The zero-order valence-corrected chi connectivity index (χ0v) is 16.3. The number of benzene rings is 2. The molecule has 2 amide bonds.